The molecule has 1 saturated heterocycles. The molecule has 0 atom stereocenters. The molecule has 0 aromatic heterocycles. The normalized spacial score (nSPS) is 17.6. The molecule has 1 fully saturated rings. The lowest BCUT2D eigenvalue weighted by molar-refractivity contribution is -0.276. The van der Waals surface area contributed by atoms with Gasteiger partial charge in [0.15, 0.2) is 17.9 Å². The van der Waals surface area contributed by atoms with E-state index in [2.05, 4.69) is 9.47 Å². The van der Waals surface area contributed by atoms with E-state index in [0.29, 0.717) is 37.5 Å². The fraction of sp³-hybridized carbons (Fsp3) is 0.355. The van der Waals surface area contributed by atoms with E-state index in [0.717, 1.165) is 31.0 Å². The number of hydrogen-bond donors (Lipinski definition) is 0. The van der Waals surface area contributed by atoms with Gasteiger partial charge in [0.25, 0.3) is 0 Å². The van der Waals surface area contributed by atoms with E-state index in [4.69, 9.17) is 9.47 Å². The Bertz CT molecular complexity index is 1470. The summed E-state index contributed by atoms with van der Waals surface area (Å²) in [6, 6.07) is 4.49. The van der Waals surface area contributed by atoms with E-state index in [1.54, 1.807) is 0 Å². The molecular formula is C31H26F10O4. The van der Waals surface area contributed by atoms with Gasteiger partial charge in [-0.2, -0.15) is 8.78 Å². The van der Waals surface area contributed by atoms with E-state index in [1.807, 2.05) is 19.1 Å². The number of alkyl halides is 5. The molecule has 0 spiro atoms. The molecule has 1 heterocycles. The van der Waals surface area contributed by atoms with Crippen molar-refractivity contribution in [3.8, 4) is 11.5 Å². The zero-order valence-electron chi connectivity index (χ0n) is 23.5. The van der Waals surface area contributed by atoms with Crippen molar-refractivity contribution in [3.63, 3.8) is 0 Å². The van der Waals surface area contributed by atoms with Crippen molar-refractivity contribution in [2.75, 3.05) is 13.2 Å². The van der Waals surface area contributed by atoms with Crippen LogP contribution in [0.2, 0.25) is 0 Å². The van der Waals surface area contributed by atoms with Crippen LogP contribution in [0.3, 0.4) is 0 Å². The van der Waals surface area contributed by atoms with Crippen LogP contribution in [0, 0.1) is 35.0 Å². The van der Waals surface area contributed by atoms with Crippen LogP contribution < -0.4 is 9.47 Å². The van der Waals surface area contributed by atoms with Gasteiger partial charge in [-0.05, 0) is 62.4 Å². The molecule has 1 aliphatic heterocycles. The number of allylic oxidation sites excluding steroid dienone is 2. The molecule has 0 unspecified atom stereocenters. The van der Waals surface area contributed by atoms with E-state index in [1.165, 1.54) is 0 Å². The van der Waals surface area contributed by atoms with Crippen LogP contribution in [0.15, 0.2) is 54.6 Å². The Morgan fingerprint density at radius 1 is 0.778 bits per heavy atom. The third kappa shape index (κ3) is 8.91. The van der Waals surface area contributed by atoms with Crippen LogP contribution in [-0.2, 0) is 28.4 Å². The second-order valence-corrected chi connectivity index (χ2v) is 10.2. The maximum absolute atomic E-state index is 14.9. The summed E-state index contributed by atoms with van der Waals surface area (Å²) in [5, 5.41) is 0. The fourth-order valence-electron chi connectivity index (χ4n) is 4.63. The molecule has 0 aliphatic carbocycles. The van der Waals surface area contributed by atoms with Gasteiger partial charge in [-0.15, -0.1) is 13.2 Å². The standard InChI is InChI=1S/C31H26F10O4/c1-2-3-4-5-18-15-42-29(43-16-18)19-7-9-22(25(34)12-19)30(37,38)44-20-13-23(32)21(24(33)14-20)8-6-17-10-26(35)28(27(36)11-17)45-31(39,40)41/h2-3,7,9-14,18,29H,4-6,8,15-16H2,1H3/b3-2+. The SMILES string of the molecule is C/C=C/CCC1COC(c2ccc(C(F)(F)Oc3cc(F)c(CCc4cc(F)c(OC(F)(F)F)c(F)c4)c(F)c3)c(F)c2)OC1. The Hall–Kier alpha value is -3.78. The van der Waals surface area contributed by atoms with Crippen molar-refractivity contribution in [2.24, 2.45) is 5.92 Å². The van der Waals surface area contributed by atoms with Crippen molar-refractivity contribution < 1.29 is 62.9 Å². The first kappa shape index (κ1) is 34.1. The van der Waals surface area contributed by atoms with E-state index in [-0.39, 0.29) is 17.0 Å². The molecule has 244 valence electrons. The molecule has 0 N–H and O–H groups in total. The van der Waals surface area contributed by atoms with Crippen LogP contribution >= 0.6 is 0 Å². The first-order chi connectivity index (χ1) is 21.2. The van der Waals surface area contributed by atoms with Crippen molar-refractivity contribution in [2.45, 2.75) is 51.4 Å². The monoisotopic (exact) mass is 652 g/mol. The maximum Gasteiger partial charge on any atom is 0.573 e. The average Bonchev–Trinajstić information content (AvgIpc) is 2.94. The fourth-order valence-corrected chi connectivity index (χ4v) is 4.63. The van der Waals surface area contributed by atoms with Crippen LogP contribution in [0.4, 0.5) is 43.9 Å². The van der Waals surface area contributed by atoms with Gasteiger partial charge in [-0.25, -0.2) is 22.0 Å². The molecule has 4 nitrogen and oxygen atoms in total. The molecule has 3 aromatic rings. The summed E-state index contributed by atoms with van der Waals surface area (Å²) in [6.45, 7) is 2.56. The molecule has 14 heteroatoms. The number of benzene rings is 3. The molecular weight excluding hydrogens is 626 g/mol. The number of rotatable bonds is 11. The highest BCUT2D eigenvalue weighted by Crippen LogP contribution is 2.37. The van der Waals surface area contributed by atoms with Crippen LogP contribution in [0.5, 0.6) is 11.5 Å². The molecule has 0 amide bonds. The highest BCUT2D eigenvalue weighted by molar-refractivity contribution is 5.35. The summed E-state index contributed by atoms with van der Waals surface area (Å²) >= 11 is 0. The van der Waals surface area contributed by atoms with E-state index >= 15 is 0 Å². The van der Waals surface area contributed by atoms with Crippen molar-refractivity contribution in [1.29, 1.82) is 0 Å². The van der Waals surface area contributed by atoms with Gasteiger partial charge in [-0.3, -0.25) is 0 Å². The number of aryl methyl sites for hydroxylation is 1. The topological polar surface area (TPSA) is 36.9 Å². The lowest BCUT2D eigenvalue weighted by atomic mass is 10.0. The Kier molecular flexibility index (Phi) is 10.7. The molecule has 0 radical (unpaired) electrons. The minimum Gasteiger partial charge on any atom is -0.429 e. The highest BCUT2D eigenvalue weighted by atomic mass is 19.4. The largest absolute Gasteiger partial charge is 0.573 e. The lowest BCUT2D eigenvalue weighted by Gasteiger charge is -2.29. The minimum absolute atomic E-state index is 0.116. The first-order valence-corrected chi connectivity index (χ1v) is 13.6. The second kappa shape index (κ2) is 14.1. The summed E-state index contributed by atoms with van der Waals surface area (Å²) in [6.07, 6.45) is -6.16. The molecule has 45 heavy (non-hydrogen) atoms. The smallest absolute Gasteiger partial charge is 0.429 e. The van der Waals surface area contributed by atoms with Gasteiger partial charge in [-0.1, -0.05) is 18.2 Å². The molecule has 4 rings (SSSR count). The minimum atomic E-state index is -5.36. The van der Waals surface area contributed by atoms with Crippen LogP contribution in [0.25, 0.3) is 0 Å². The maximum atomic E-state index is 14.9. The zero-order valence-corrected chi connectivity index (χ0v) is 23.5. The summed E-state index contributed by atoms with van der Waals surface area (Å²) in [7, 11) is 0. The van der Waals surface area contributed by atoms with Crippen molar-refractivity contribution in [1.82, 2.24) is 0 Å². The number of hydrogen-bond acceptors (Lipinski definition) is 4. The Labute approximate surface area is 251 Å². The van der Waals surface area contributed by atoms with Gasteiger partial charge < -0.3 is 18.9 Å². The third-order valence-electron chi connectivity index (χ3n) is 6.82. The predicted octanol–water partition coefficient (Wildman–Crippen LogP) is 9.21. The van der Waals surface area contributed by atoms with E-state index < -0.39 is 83.3 Å². The predicted molar refractivity (Wildman–Crippen MR) is 140 cm³/mol. The molecule has 0 bridgehead atoms. The molecule has 0 saturated carbocycles. The van der Waals surface area contributed by atoms with Crippen molar-refractivity contribution >= 4 is 0 Å². The third-order valence-corrected chi connectivity index (χ3v) is 6.82. The van der Waals surface area contributed by atoms with Gasteiger partial charge in [0, 0.05) is 29.2 Å². The molecule has 3 aromatic carbocycles. The summed E-state index contributed by atoms with van der Waals surface area (Å²) in [5.74, 6) is -10.1. The second-order valence-electron chi connectivity index (χ2n) is 10.2. The van der Waals surface area contributed by atoms with Gasteiger partial charge in [0.1, 0.15) is 23.2 Å². The molecule has 1 aliphatic rings. The van der Waals surface area contributed by atoms with Crippen LogP contribution in [-0.4, -0.2) is 19.6 Å². The lowest BCUT2D eigenvalue weighted by Crippen LogP contribution is -2.27. The Morgan fingerprint density at radius 3 is 1.96 bits per heavy atom. The number of halogens is 10. The average molecular weight is 653 g/mol. The van der Waals surface area contributed by atoms with Crippen LogP contribution in [0.1, 0.15) is 48.3 Å². The van der Waals surface area contributed by atoms with E-state index in [9.17, 15) is 43.9 Å². The summed E-state index contributed by atoms with van der Waals surface area (Å²) < 4.78 is 158. The Morgan fingerprint density at radius 2 is 1.40 bits per heavy atom. The van der Waals surface area contributed by atoms with Gasteiger partial charge in [0.05, 0.1) is 18.8 Å². The Balaban J connectivity index is 1.41. The van der Waals surface area contributed by atoms with Gasteiger partial charge >= 0.3 is 12.5 Å². The summed E-state index contributed by atoms with van der Waals surface area (Å²) in [5.41, 5.74) is -2.03. The quantitative estimate of drug-likeness (QED) is 0.153. The number of ether oxygens (including phenoxy) is 4. The van der Waals surface area contributed by atoms with Crippen molar-refractivity contribution in [3.05, 3.63) is 106 Å². The summed E-state index contributed by atoms with van der Waals surface area (Å²) in [4.78, 5) is 0. The zero-order chi connectivity index (χ0) is 32.9. The van der Waals surface area contributed by atoms with Gasteiger partial charge in [0.2, 0.25) is 5.75 Å². The first-order valence-electron chi connectivity index (χ1n) is 13.6. The highest BCUT2D eigenvalue weighted by Gasteiger charge is 2.39.